The zero-order chi connectivity index (χ0) is 19.1. The number of carbonyl (C=O) groups excluding carboxylic acids is 1. The van der Waals surface area contributed by atoms with Crippen molar-refractivity contribution in [2.45, 2.75) is 54.3 Å². The second-order valence-electron chi connectivity index (χ2n) is 6.49. The number of hydrogen-bond acceptors (Lipinski definition) is 5. The lowest BCUT2D eigenvalue weighted by Crippen LogP contribution is -2.14. The number of anilines is 1. The van der Waals surface area contributed by atoms with Gasteiger partial charge in [0.05, 0.1) is 5.75 Å². The van der Waals surface area contributed by atoms with E-state index in [-0.39, 0.29) is 11.7 Å². The van der Waals surface area contributed by atoms with Crippen LogP contribution in [0.25, 0.3) is 0 Å². The van der Waals surface area contributed by atoms with Gasteiger partial charge in [0.2, 0.25) is 11.1 Å². The van der Waals surface area contributed by atoms with Gasteiger partial charge >= 0.3 is 0 Å². The molecule has 0 saturated heterocycles. The predicted molar refractivity (Wildman–Crippen MR) is 104 cm³/mol. The number of carbonyl (C=O) groups is 1. The molecular weight excluding hydrogens is 390 g/mol. The molecule has 0 atom stereocenters. The summed E-state index contributed by atoms with van der Waals surface area (Å²) in [6.07, 6.45) is 7.35. The number of rotatable bonds is 9. The van der Waals surface area contributed by atoms with Gasteiger partial charge in [-0.25, -0.2) is 4.98 Å². The number of halogens is 2. The Balaban J connectivity index is 1.39. The minimum atomic E-state index is -2.45. The first kappa shape index (κ1) is 20.1. The molecule has 1 aromatic heterocycles. The van der Waals surface area contributed by atoms with Crippen LogP contribution in [0.2, 0.25) is 0 Å². The molecule has 1 saturated carbocycles. The molecule has 146 valence electrons. The van der Waals surface area contributed by atoms with Crippen LogP contribution < -0.4 is 5.32 Å². The lowest BCUT2D eigenvalue weighted by Gasteiger charge is -2.06. The normalized spacial score (nSPS) is 14.8. The third-order valence-corrected chi connectivity index (χ3v) is 6.04. The van der Waals surface area contributed by atoms with E-state index in [0.717, 1.165) is 24.6 Å². The number of H-pyrrole nitrogens is 1. The van der Waals surface area contributed by atoms with Crippen molar-refractivity contribution in [2.24, 2.45) is 5.92 Å². The SMILES string of the molecule is O=C(CSc1n[nH]c(CCC2CCCC2)n1)Nc1ccc(SC(F)F)cc1. The van der Waals surface area contributed by atoms with Crippen molar-refractivity contribution in [3.8, 4) is 0 Å². The van der Waals surface area contributed by atoms with Gasteiger partial charge < -0.3 is 5.32 Å². The maximum absolute atomic E-state index is 12.3. The van der Waals surface area contributed by atoms with Crippen LogP contribution in [0, 0.1) is 5.92 Å². The Kier molecular flexibility index (Phi) is 7.51. The van der Waals surface area contributed by atoms with E-state index < -0.39 is 5.76 Å². The molecule has 1 aliphatic carbocycles. The van der Waals surface area contributed by atoms with E-state index in [1.165, 1.54) is 37.4 Å². The van der Waals surface area contributed by atoms with Gasteiger partial charge in [-0.3, -0.25) is 9.89 Å². The van der Waals surface area contributed by atoms with E-state index >= 15 is 0 Å². The summed E-state index contributed by atoms with van der Waals surface area (Å²) in [6.45, 7) is 0. The number of thioether (sulfide) groups is 2. The van der Waals surface area contributed by atoms with Crippen LogP contribution in [0.1, 0.15) is 37.9 Å². The lowest BCUT2D eigenvalue weighted by atomic mass is 10.0. The molecule has 0 bridgehead atoms. The molecule has 0 radical (unpaired) electrons. The van der Waals surface area contributed by atoms with Crippen LogP contribution in [0.4, 0.5) is 14.5 Å². The molecule has 1 heterocycles. The molecule has 1 amide bonds. The second kappa shape index (κ2) is 10.1. The molecule has 3 rings (SSSR count). The topological polar surface area (TPSA) is 70.7 Å². The molecule has 9 heteroatoms. The van der Waals surface area contributed by atoms with Gasteiger partial charge in [0, 0.05) is 17.0 Å². The van der Waals surface area contributed by atoms with Gasteiger partial charge in [0.25, 0.3) is 5.76 Å². The van der Waals surface area contributed by atoms with Gasteiger partial charge in [-0.15, -0.1) is 5.10 Å². The van der Waals surface area contributed by atoms with Gasteiger partial charge in [0.1, 0.15) is 5.82 Å². The number of aromatic amines is 1. The van der Waals surface area contributed by atoms with E-state index in [1.807, 2.05) is 0 Å². The predicted octanol–water partition coefficient (Wildman–Crippen LogP) is 4.97. The van der Waals surface area contributed by atoms with Crippen molar-refractivity contribution < 1.29 is 13.6 Å². The van der Waals surface area contributed by atoms with Gasteiger partial charge in [-0.05, 0) is 36.6 Å². The van der Waals surface area contributed by atoms with E-state index in [9.17, 15) is 13.6 Å². The van der Waals surface area contributed by atoms with E-state index in [2.05, 4.69) is 20.5 Å². The standard InChI is InChI=1S/C18H22F2N4OS2/c19-17(20)27-14-8-6-13(7-9-14)21-16(25)11-26-18-22-15(23-24-18)10-5-12-3-1-2-4-12/h6-9,12,17H,1-5,10-11H2,(H,21,25)(H,22,23,24). The monoisotopic (exact) mass is 412 g/mol. The first-order chi connectivity index (χ1) is 13.1. The Bertz CT molecular complexity index is 733. The molecule has 0 unspecified atom stereocenters. The fourth-order valence-electron chi connectivity index (χ4n) is 3.14. The van der Waals surface area contributed by atoms with Crippen LogP contribution >= 0.6 is 23.5 Å². The molecule has 27 heavy (non-hydrogen) atoms. The molecule has 1 fully saturated rings. The van der Waals surface area contributed by atoms with E-state index in [4.69, 9.17) is 0 Å². The molecule has 0 aliphatic heterocycles. The lowest BCUT2D eigenvalue weighted by molar-refractivity contribution is -0.113. The van der Waals surface area contributed by atoms with Crippen molar-refractivity contribution >= 4 is 35.1 Å². The first-order valence-electron chi connectivity index (χ1n) is 8.97. The van der Waals surface area contributed by atoms with Crippen LogP contribution in [-0.2, 0) is 11.2 Å². The Labute approximate surface area is 165 Å². The summed E-state index contributed by atoms with van der Waals surface area (Å²) in [4.78, 5) is 16.9. The molecule has 1 aromatic carbocycles. The molecule has 0 spiro atoms. The van der Waals surface area contributed by atoms with Crippen molar-refractivity contribution in [3.05, 3.63) is 30.1 Å². The highest BCUT2D eigenvalue weighted by atomic mass is 32.2. The molecular formula is C18H22F2N4OS2. The summed E-state index contributed by atoms with van der Waals surface area (Å²) in [5.74, 6) is -0.773. The van der Waals surface area contributed by atoms with Crippen LogP contribution in [-0.4, -0.2) is 32.6 Å². The van der Waals surface area contributed by atoms with E-state index in [0.29, 0.717) is 27.5 Å². The summed E-state index contributed by atoms with van der Waals surface area (Å²) in [5.41, 5.74) is 0.575. The van der Waals surface area contributed by atoms with Crippen LogP contribution in [0.5, 0.6) is 0 Å². The zero-order valence-electron chi connectivity index (χ0n) is 14.8. The van der Waals surface area contributed by atoms with Gasteiger partial charge in [-0.2, -0.15) is 8.78 Å². The summed E-state index contributed by atoms with van der Waals surface area (Å²) < 4.78 is 24.6. The zero-order valence-corrected chi connectivity index (χ0v) is 16.4. The maximum atomic E-state index is 12.3. The average molecular weight is 413 g/mol. The highest BCUT2D eigenvalue weighted by molar-refractivity contribution is 8.00. The van der Waals surface area contributed by atoms with E-state index in [1.54, 1.807) is 24.3 Å². The number of aryl methyl sites for hydroxylation is 1. The Hall–Kier alpha value is -1.61. The van der Waals surface area contributed by atoms with Crippen LogP contribution in [0.15, 0.2) is 34.3 Å². The summed E-state index contributed by atoms with van der Waals surface area (Å²) in [6, 6.07) is 6.35. The second-order valence-corrected chi connectivity index (χ2v) is 8.50. The van der Waals surface area contributed by atoms with Crippen molar-refractivity contribution in [3.63, 3.8) is 0 Å². The van der Waals surface area contributed by atoms with Crippen molar-refractivity contribution in [2.75, 3.05) is 11.1 Å². The summed E-state index contributed by atoms with van der Waals surface area (Å²) in [5, 5.41) is 10.4. The minimum absolute atomic E-state index is 0.188. The van der Waals surface area contributed by atoms with Crippen molar-refractivity contribution in [1.82, 2.24) is 15.2 Å². The third-order valence-electron chi connectivity index (χ3n) is 4.47. The summed E-state index contributed by atoms with van der Waals surface area (Å²) in [7, 11) is 0. The number of nitrogens with zero attached hydrogens (tertiary/aromatic N) is 2. The third kappa shape index (κ3) is 6.80. The molecule has 1 aliphatic rings. The first-order valence-corrected chi connectivity index (χ1v) is 10.8. The smallest absolute Gasteiger partial charge is 0.288 e. The minimum Gasteiger partial charge on any atom is -0.325 e. The highest BCUT2D eigenvalue weighted by Gasteiger charge is 2.16. The molecule has 2 aromatic rings. The quantitative estimate of drug-likeness (QED) is 0.569. The average Bonchev–Trinajstić information content (AvgIpc) is 3.31. The fraction of sp³-hybridized carbons (Fsp3) is 0.500. The number of nitrogens with one attached hydrogen (secondary N) is 2. The Morgan fingerprint density at radius 2 is 2.00 bits per heavy atom. The number of alkyl halides is 2. The van der Waals surface area contributed by atoms with Crippen LogP contribution in [0.3, 0.4) is 0 Å². The molecule has 5 nitrogen and oxygen atoms in total. The molecule has 2 N–H and O–H groups in total. The number of aromatic nitrogens is 3. The number of amides is 1. The van der Waals surface area contributed by atoms with Gasteiger partial charge in [0.15, 0.2) is 0 Å². The maximum Gasteiger partial charge on any atom is 0.288 e. The fourth-order valence-corrected chi connectivity index (χ4v) is 4.26. The Morgan fingerprint density at radius 3 is 2.70 bits per heavy atom. The highest BCUT2D eigenvalue weighted by Crippen LogP contribution is 2.28. The number of benzene rings is 1. The number of hydrogen-bond donors (Lipinski definition) is 2. The van der Waals surface area contributed by atoms with Gasteiger partial charge in [-0.1, -0.05) is 49.2 Å². The summed E-state index contributed by atoms with van der Waals surface area (Å²) >= 11 is 1.75. The Morgan fingerprint density at radius 1 is 1.26 bits per heavy atom. The van der Waals surface area contributed by atoms with Crippen molar-refractivity contribution in [1.29, 1.82) is 0 Å². The largest absolute Gasteiger partial charge is 0.325 e.